The van der Waals surface area contributed by atoms with E-state index in [0.29, 0.717) is 12.8 Å². The number of aliphatic hydroxyl groups is 1. The van der Waals surface area contributed by atoms with Crippen molar-refractivity contribution in [3.8, 4) is 0 Å². The van der Waals surface area contributed by atoms with Crippen molar-refractivity contribution < 1.29 is 19.7 Å². The smallest absolute Gasteiger partial charge is 0.336 e. The summed E-state index contributed by atoms with van der Waals surface area (Å²) in [4.78, 5) is 11.0. The van der Waals surface area contributed by atoms with Crippen LogP contribution in [0.5, 0.6) is 0 Å². The first-order valence-corrected chi connectivity index (χ1v) is 4.91. The zero-order valence-corrected chi connectivity index (χ0v) is 8.86. The van der Waals surface area contributed by atoms with Crippen molar-refractivity contribution in [3.63, 3.8) is 0 Å². The van der Waals surface area contributed by atoms with E-state index < -0.39 is 11.6 Å². The van der Waals surface area contributed by atoms with Gasteiger partial charge in [-0.3, -0.25) is 0 Å². The average molecular weight is 202 g/mol. The van der Waals surface area contributed by atoms with Crippen LogP contribution in [0, 0.1) is 11.8 Å². The number of hydrogen-bond donors (Lipinski definition) is 2. The molecule has 0 radical (unpaired) electrons. The summed E-state index contributed by atoms with van der Waals surface area (Å²) in [6.07, 6.45) is 1.39. The maximum Gasteiger partial charge on any atom is 0.336 e. The van der Waals surface area contributed by atoms with Crippen LogP contribution in [0.2, 0.25) is 0 Å². The molecule has 4 nitrogen and oxygen atoms in total. The van der Waals surface area contributed by atoms with Crippen LogP contribution in [-0.2, 0) is 9.53 Å². The van der Waals surface area contributed by atoms with E-state index in [1.165, 1.54) is 0 Å². The van der Waals surface area contributed by atoms with Gasteiger partial charge in [0.05, 0.1) is 6.10 Å². The first-order chi connectivity index (χ1) is 6.42. The Labute approximate surface area is 83.9 Å². The molecular weight excluding hydrogens is 184 g/mol. The fraction of sp³-hybridized carbons (Fsp3) is 0.900. The van der Waals surface area contributed by atoms with Gasteiger partial charge in [-0.1, -0.05) is 13.8 Å². The zero-order valence-electron chi connectivity index (χ0n) is 8.86. The second-order valence-electron chi connectivity index (χ2n) is 4.31. The number of aliphatic carboxylic acids is 1. The van der Waals surface area contributed by atoms with Crippen molar-refractivity contribution in [2.24, 2.45) is 11.8 Å². The maximum atomic E-state index is 11.0. The Balaban J connectivity index is 2.67. The quantitative estimate of drug-likeness (QED) is 0.710. The lowest BCUT2D eigenvalue weighted by atomic mass is 9.66. The van der Waals surface area contributed by atoms with Crippen LogP contribution in [0.15, 0.2) is 0 Å². The van der Waals surface area contributed by atoms with Crippen LogP contribution < -0.4 is 0 Å². The SMILES string of the molecule is COC1CC(C(O)(C(=O)O)C(C)C)C1. The molecule has 0 aromatic heterocycles. The third-order valence-corrected chi connectivity index (χ3v) is 3.27. The molecule has 4 heteroatoms. The molecule has 0 aromatic rings. The Hall–Kier alpha value is -0.610. The van der Waals surface area contributed by atoms with Crippen molar-refractivity contribution in [3.05, 3.63) is 0 Å². The number of methoxy groups -OCH3 is 1. The summed E-state index contributed by atoms with van der Waals surface area (Å²) in [6, 6.07) is 0. The lowest BCUT2D eigenvalue weighted by Gasteiger charge is -2.44. The monoisotopic (exact) mass is 202 g/mol. The minimum atomic E-state index is -1.59. The Kier molecular flexibility index (Phi) is 3.17. The number of carbonyl (C=O) groups is 1. The van der Waals surface area contributed by atoms with Gasteiger partial charge >= 0.3 is 5.97 Å². The molecule has 0 heterocycles. The summed E-state index contributed by atoms with van der Waals surface area (Å²) in [5, 5.41) is 19.1. The summed E-state index contributed by atoms with van der Waals surface area (Å²) < 4.78 is 5.07. The predicted molar refractivity (Wildman–Crippen MR) is 50.9 cm³/mol. The van der Waals surface area contributed by atoms with Gasteiger partial charge in [0.15, 0.2) is 5.60 Å². The standard InChI is InChI=1S/C10H18O4/c1-6(2)10(13,9(11)12)7-4-8(5-7)14-3/h6-8,13H,4-5H2,1-3H3,(H,11,12). The van der Waals surface area contributed by atoms with E-state index in [9.17, 15) is 9.90 Å². The van der Waals surface area contributed by atoms with E-state index in [1.54, 1.807) is 21.0 Å². The van der Waals surface area contributed by atoms with Gasteiger partial charge in [-0.25, -0.2) is 4.79 Å². The highest BCUT2D eigenvalue weighted by atomic mass is 16.5. The number of hydrogen-bond acceptors (Lipinski definition) is 3. The average Bonchev–Trinajstić information content (AvgIpc) is 2.01. The van der Waals surface area contributed by atoms with Crippen molar-refractivity contribution in [2.45, 2.75) is 38.4 Å². The van der Waals surface area contributed by atoms with E-state index in [4.69, 9.17) is 9.84 Å². The minimum Gasteiger partial charge on any atom is -0.479 e. The van der Waals surface area contributed by atoms with Crippen LogP contribution in [0.3, 0.4) is 0 Å². The maximum absolute atomic E-state index is 11.0. The van der Waals surface area contributed by atoms with Gasteiger partial charge in [-0.05, 0) is 18.8 Å². The summed E-state index contributed by atoms with van der Waals surface area (Å²) in [7, 11) is 1.61. The minimum absolute atomic E-state index is 0.115. The normalized spacial score (nSPS) is 30.9. The number of carboxylic acid groups (broad SMARTS) is 1. The highest BCUT2D eigenvalue weighted by molar-refractivity contribution is 5.78. The molecular formula is C10H18O4. The van der Waals surface area contributed by atoms with Gasteiger partial charge in [0.1, 0.15) is 0 Å². The van der Waals surface area contributed by atoms with Crippen molar-refractivity contribution in [1.29, 1.82) is 0 Å². The van der Waals surface area contributed by atoms with E-state index in [-0.39, 0.29) is 17.9 Å². The van der Waals surface area contributed by atoms with Gasteiger partial charge in [0.25, 0.3) is 0 Å². The molecule has 2 N–H and O–H groups in total. The molecule has 1 atom stereocenters. The Morgan fingerprint density at radius 2 is 2.00 bits per heavy atom. The van der Waals surface area contributed by atoms with E-state index in [1.807, 2.05) is 0 Å². The molecule has 82 valence electrons. The largest absolute Gasteiger partial charge is 0.479 e. The molecule has 0 spiro atoms. The van der Waals surface area contributed by atoms with Gasteiger partial charge in [-0.2, -0.15) is 0 Å². The molecule has 0 aliphatic heterocycles. The molecule has 0 aromatic carbocycles. The van der Waals surface area contributed by atoms with Crippen LogP contribution >= 0.6 is 0 Å². The lowest BCUT2D eigenvalue weighted by Crippen LogP contribution is -2.56. The van der Waals surface area contributed by atoms with Gasteiger partial charge in [0.2, 0.25) is 0 Å². The predicted octanol–water partition coefficient (Wildman–Crippen LogP) is 0.883. The molecule has 1 unspecified atom stereocenters. The van der Waals surface area contributed by atoms with Gasteiger partial charge < -0.3 is 14.9 Å². The van der Waals surface area contributed by atoms with Crippen molar-refractivity contribution in [1.82, 2.24) is 0 Å². The lowest BCUT2D eigenvalue weighted by molar-refractivity contribution is -0.185. The molecule has 1 fully saturated rings. The van der Waals surface area contributed by atoms with Crippen LogP contribution in [0.1, 0.15) is 26.7 Å². The van der Waals surface area contributed by atoms with Crippen LogP contribution in [0.25, 0.3) is 0 Å². The first-order valence-electron chi connectivity index (χ1n) is 4.91. The molecule has 1 aliphatic rings. The first kappa shape index (κ1) is 11.5. The molecule has 0 bridgehead atoms. The summed E-state index contributed by atoms with van der Waals surface area (Å²) in [6.45, 7) is 3.46. The Morgan fingerprint density at radius 1 is 1.50 bits per heavy atom. The molecule has 14 heavy (non-hydrogen) atoms. The van der Waals surface area contributed by atoms with Gasteiger partial charge in [0, 0.05) is 13.0 Å². The number of ether oxygens (including phenoxy) is 1. The summed E-state index contributed by atoms with van der Waals surface area (Å²) in [5.74, 6) is -1.57. The Bertz CT molecular complexity index is 220. The third kappa shape index (κ3) is 1.64. The Morgan fingerprint density at radius 3 is 2.29 bits per heavy atom. The highest BCUT2D eigenvalue weighted by Gasteiger charge is 2.52. The second-order valence-corrected chi connectivity index (χ2v) is 4.31. The van der Waals surface area contributed by atoms with Gasteiger partial charge in [-0.15, -0.1) is 0 Å². The molecule has 0 saturated heterocycles. The topological polar surface area (TPSA) is 66.8 Å². The third-order valence-electron chi connectivity index (χ3n) is 3.27. The highest BCUT2D eigenvalue weighted by Crippen LogP contribution is 2.41. The molecule has 0 amide bonds. The number of carboxylic acids is 1. The van der Waals surface area contributed by atoms with E-state index in [2.05, 4.69) is 0 Å². The van der Waals surface area contributed by atoms with Crippen LogP contribution in [0.4, 0.5) is 0 Å². The molecule has 1 aliphatic carbocycles. The van der Waals surface area contributed by atoms with Crippen molar-refractivity contribution in [2.75, 3.05) is 7.11 Å². The molecule has 1 saturated carbocycles. The summed E-state index contributed by atoms with van der Waals surface area (Å²) >= 11 is 0. The van der Waals surface area contributed by atoms with E-state index >= 15 is 0 Å². The van der Waals surface area contributed by atoms with Crippen molar-refractivity contribution >= 4 is 5.97 Å². The fourth-order valence-electron chi connectivity index (χ4n) is 2.01. The fourth-order valence-corrected chi connectivity index (χ4v) is 2.01. The zero-order chi connectivity index (χ0) is 10.9. The molecule has 1 rings (SSSR count). The number of rotatable bonds is 4. The van der Waals surface area contributed by atoms with E-state index in [0.717, 1.165) is 0 Å². The summed E-state index contributed by atoms with van der Waals surface area (Å²) in [5.41, 5.74) is -1.59. The van der Waals surface area contributed by atoms with Crippen LogP contribution in [-0.4, -0.2) is 35.0 Å². The second kappa shape index (κ2) is 3.87.